The Morgan fingerprint density at radius 3 is 2.71 bits per heavy atom. The van der Waals surface area contributed by atoms with Crippen molar-refractivity contribution in [2.45, 2.75) is 17.9 Å². The molecule has 0 aromatic heterocycles. The zero-order valence-electron chi connectivity index (χ0n) is 11.0. The first-order valence-electron chi connectivity index (χ1n) is 6.01. The monoisotopic (exact) mass is 376 g/mol. The normalized spacial score (nSPS) is 20.1. The lowest BCUT2D eigenvalue weighted by Gasteiger charge is -2.31. The third-order valence-electron chi connectivity index (χ3n) is 3.10. The Morgan fingerprint density at radius 2 is 2.14 bits per heavy atom. The minimum Gasteiger partial charge on any atom is -0.480 e. The predicted octanol–water partition coefficient (Wildman–Crippen LogP) is 0.331. The van der Waals surface area contributed by atoms with Gasteiger partial charge in [0.05, 0.1) is 11.4 Å². The van der Waals surface area contributed by atoms with Crippen LogP contribution in [0.5, 0.6) is 0 Å². The van der Waals surface area contributed by atoms with Gasteiger partial charge in [0, 0.05) is 11.0 Å². The van der Waals surface area contributed by atoms with Crippen LogP contribution in [0.4, 0.5) is 0 Å². The molecule has 1 aliphatic heterocycles. The van der Waals surface area contributed by atoms with Crippen LogP contribution in [-0.4, -0.2) is 48.8 Å². The van der Waals surface area contributed by atoms with Crippen LogP contribution in [0, 0.1) is 6.92 Å². The molecule has 7 nitrogen and oxygen atoms in total. The summed E-state index contributed by atoms with van der Waals surface area (Å²) in [5, 5.41) is 11.5. The summed E-state index contributed by atoms with van der Waals surface area (Å²) in [5.41, 5.74) is 0.854. The number of rotatable bonds is 3. The minimum atomic E-state index is -4.09. The molecule has 114 valence electrons. The van der Waals surface area contributed by atoms with Gasteiger partial charge < -0.3 is 10.4 Å². The van der Waals surface area contributed by atoms with Gasteiger partial charge in [-0.25, -0.2) is 8.42 Å². The minimum absolute atomic E-state index is 0.0611. The highest BCUT2D eigenvalue weighted by Gasteiger charge is 2.41. The fraction of sp³-hybridized carbons (Fsp3) is 0.333. The van der Waals surface area contributed by atoms with Crippen LogP contribution >= 0.6 is 15.9 Å². The van der Waals surface area contributed by atoms with Gasteiger partial charge in [0.2, 0.25) is 15.9 Å². The molecule has 9 heteroatoms. The molecule has 1 amide bonds. The largest absolute Gasteiger partial charge is 0.480 e. The summed E-state index contributed by atoms with van der Waals surface area (Å²) in [5.74, 6) is -1.83. The first-order chi connectivity index (χ1) is 9.73. The molecule has 0 aliphatic carbocycles. The number of nitrogens with zero attached hydrogens (tertiary/aromatic N) is 1. The van der Waals surface area contributed by atoms with Gasteiger partial charge in [-0.05, 0) is 40.5 Å². The average Bonchev–Trinajstić information content (AvgIpc) is 2.37. The van der Waals surface area contributed by atoms with Gasteiger partial charge in [0.25, 0.3) is 0 Å². The third-order valence-corrected chi connectivity index (χ3v) is 5.93. The number of carboxylic acids is 1. The number of amides is 1. The SMILES string of the molecule is Cc1ccc(S(=O)(=O)N2CC(=O)NCC2C(=O)O)c(Br)c1. The Bertz CT molecular complexity index is 704. The predicted molar refractivity (Wildman–Crippen MR) is 77.2 cm³/mol. The smallest absolute Gasteiger partial charge is 0.323 e. The van der Waals surface area contributed by atoms with Crippen LogP contribution in [0.15, 0.2) is 27.6 Å². The van der Waals surface area contributed by atoms with E-state index >= 15 is 0 Å². The number of sulfonamides is 1. The number of carboxylic acid groups (broad SMARTS) is 1. The van der Waals surface area contributed by atoms with Crippen molar-refractivity contribution in [2.24, 2.45) is 0 Å². The summed E-state index contributed by atoms with van der Waals surface area (Å²) < 4.78 is 26.3. The van der Waals surface area contributed by atoms with Gasteiger partial charge in [-0.3, -0.25) is 9.59 Å². The van der Waals surface area contributed by atoms with Crippen molar-refractivity contribution in [3.63, 3.8) is 0 Å². The lowest BCUT2D eigenvalue weighted by molar-refractivity contribution is -0.143. The molecule has 1 aromatic carbocycles. The Kier molecular flexibility index (Phi) is 4.35. The highest BCUT2D eigenvalue weighted by molar-refractivity contribution is 9.10. The Balaban J connectivity index is 2.49. The van der Waals surface area contributed by atoms with Crippen LogP contribution in [-0.2, 0) is 19.6 Å². The van der Waals surface area contributed by atoms with E-state index in [0.717, 1.165) is 5.56 Å². The fourth-order valence-corrected chi connectivity index (χ4v) is 4.72. The molecule has 2 rings (SSSR count). The van der Waals surface area contributed by atoms with Crippen molar-refractivity contribution in [1.29, 1.82) is 0 Å². The molecule has 0 radical (unpaired) electrons. The van der Waals surface area contributed by atoms with Crippen LogP contribution in [0.2, 0.25) is 0 Å². The maximum absolute atomic E-state index is 12.6. The second kappa shape index (κ2) is 5.74. The Hall–Kier alpha value is -1.45. The highest BCUT2D eigenvalue weighted by atomic mass is 79.9. The van der Waals surface area contributed by atoms with Crippen molar-refractivity contribution in [3.8, 4) is 0 Å². The van der Waals surface area contributed by atoms with E-state index in [4.69, 9.17) is 5.11 Å². The molecule has 0 bridgehead atoms. The van der Waals surface area contributed by atoms with E-state index in [1.54, 1.807) is 19.1 Å². The first kappa shape index (κ1) is 15.9. The van der Waals surface area contributed by atoms with E-state index in [9.17, 15) is 18.0 Å². The van der Waals surface area contributed by atoms with E-state index in [2.05, 4.69) is 21.2 Å². The molecule has 0 saturated carbocycles. The van der Waals surface area contributed by atoms with Crippen LogP contribution in [0.25, 0.3) is 0 Å². The number of hydrogen-bond donors (Lipinski definition) is 2. The lowest BCUT2D eigenvalue weighted by Crippen LogP contribution is -2.59. The van der Waals surface area contributed by atoms with Gasteiger partial charge in [-0.2, -0.15) is 4.31 Å². The molecular formula is C12H13BrN2O5S. The summed E-state index contributed by atoms with van der Waals surface area (Å²) in [6.07, 6.45) is 0. The number of carbonyl (C=O) groups is 2. The summed E-state index contributed by atoms with van der Waals surface area (Å²) in [6, 6.07) is 3.30. The van der Waals surface area contributed by atoms with Crippen molar-refractivity contribution in [1.82, 2.24) is 9.62 Å². The van der Waals surface area contributed by atoms with Crippen molar-refractivity contribution >= 4 is 37.8 Å². The molecule has 1 unspecified atom stereocenters. The van der Waals surface area contributed by atoms with Crippen LogP contribution < -0.4 is 5.32 Å². The quantitative estimate of drug-likeness (QED) is 0.790. The second-order valence-corrected chi connectivity index (χ2v) is 7.36. The summed E-state index contributed by atoms with van der Waals surface area (Å²) in [6.45, 7) is 1.03. The molecule has 1 aliphatic rings. The Morgan fingerprint density at radius 1 is 1.48 bits per heavy atom. The van der Waals surface area contributed by atoms with Gasteiger partial charge in [0.1, 0.15) is 6.04 Å². The molecule has 0 spiro atoms. The van der Waals surface area contributed by atoms with Gasteiger partial charge in [-0.15, -0.1) is 0 Å². The number of aryl methyl sites for hydroxylation is 1. The number of carbonyl (C=O) groups excluding carboxylic acids is 1. The first-order valence-corrected chi connectivity index (χ1v) is 8.24. The number of aliphatic carboxylic acids is 1. The summed E-state index contributed by atoms with van der Waals surface area (Å²) >= 11 is 3.17. The average molecular weight is 377 g/mol. The van der Waals surface area contributed by atoms with E-state index in [1.165, 1.54) is 6.07 Å². The molecule has 1 atom stereocenters. The van der Waals surface area contributed by atoms with Crippen molar-refractivity contribution in [3.05, 3.63) is 28.2 Å². The number of piperazine rings is 1. The molecular weight excluding hydrogens is 364 g/mol. The maximum atomic E-state index is 12.6. The van der Waals surface area contributed by atoms with E-state index in [1.807, 2.05) is 0 Å². The van der Waals surface area contributed by atoms with E-state index < -0.39 is 34.5 Å². The fourth-order valence-electron chi connectivity index (χ4n) is 2.02. The standard InChI is InChI=1S/C12H13BrN2O5S/c1-7-2-3-10(8(13)4-7)21(19,20)15-6-11(16)14-5-9(15)12(17)18/h2-4,9H,5-6H2,1H3,(H,14,16)(H,17,18). The van der Waals surface area contributed by atoms with E-state index in [-0.39, 0.29) is 11.4 Å². The van der Waals surface area contributed by atoms with Gasteiger partial charge in [-0.1, -0.05) is 6.07 Å². The van der Waals surface area contributed by atoms with Gasteiger partial charge in [0.15, 0.2) is 0 Å². The third kappa shape index (κ3) is 3.09. The number of halogens is 1. The van der Waals surface area contributed by atoms with Gasteiger partial charge >= 0.3 is 5.97 Å². The Labute approximate surface area is 130 Å². The zero-order chi connectivity index (χ0) is 15.8. The molecule has 1 aromatic rings. The number of nitrogens with one attached hydrogen (secondary N) is 1. The topological polar surface area (TPSA) is 104 Å². The van der Waals surface area contributed by atoms with Crippen molar-refractivity contribution in [2.75, 3.05) is 13.1 Å². The maximum Gasteiger partial charge on any atom is 0.323 e. The molecule has 21 heavy (non-hydrogen) atoms. The number of hydrogen-bond acceptors (Lipinski definition) is 4. The van der Waals surface area contributed by atoms with Crippen molar-refractivity contribution < 1.29 is 23.1 Å². The summed E-state index contributed by atoms with van der Waals surface area (Å²) in [4.78, 5) is 22.6. The van der Waals surface area contributed by atoms with E-state index in [0.29, 0.717) is 8.78 Å². The lowest BCUT2D eigenvalue weighted by atomic mass is 10.2. The molecule has 1 heterocycles. The molecule has 1 fully saturated rings. The van der Waals surface area contributed by atoms with Crippen LogP contribution in [0.3, 0.4) is 0 Å². The molecule has 1 saturated heterocycles. The highest BCUT2D eigenvalue weighted by Crippen LogP contribution is 2.27. The van der Waals surface area contributed by atoms with Crippen LogP contribution in [0.1, 0.15) is 5.56 Å². The molecule has 2 N–H and O–H groups in total. The zero-order valence-corrected chi connectivity index (χ0v) is 13.4. The second-order valence-electron chi connectivity index (χ2n) is 4.64. The summed E-state index contributed by atoms with van der Waals surface area (Å²) in [7, 11) is -4.09. The number of benzene rings is 1.